The first-order valence-corrected chi connectivity index (χ1v) is 16.0. The summed E-state index contributed by atoms with van der Waals surface area (Å²) in [6.07, 6.45) is 0. The topological polar surface area (TPSA) is 8.17 Å². The largest absolute Gasteiger partial charge is 0.378 e. The number of benzene rings is 6. The molecule has 212 valence electrons. The van der Waals surface area contributed by atoms with E-state index in [4.69, 9.17) is 0 Å². The smallest absolute Gasteiger partial charge is 0.332 e. The number of fused-ring (bicyclic) bond motifs is 9. The van der Waals surface area contributed by atoms with Crippen molar-refractivity contribution in [3.05, 3.63) is 150 Å². The van der Waals surface area contributed by atoms with Gasteiger partial charge in [0.1, 0.15) is 0 Å². The van der Waals surface area contributed by atoms with E-state index in [1.165, 1.54) is 89.1 Å². The molecule has 0 saturated carbocycles. The van der Waals surface area contributed by atoms with E-state index in [1.807, 2.05) is 0 Å². The number of anilines is 3. The molecule has 0 spiro atoms. The summed E-state index contributed by atoms with van der Waals surface area (Å²) in [4.78, 5) is 2.50. The van der Waals surface area contributed by atoms with Crippen LogP contribution in [0.25, 0.3) is 44.3 Å². The predicted molar refractivity (Wildman–Crippen MR) is 190 cm³/mol. The quantitative estimate of drug-likeness (QED) is 0.187. The van der Waals surface area contributed by atoms with Crippen molar-refractivity contribution < 1.29 is 0 Å². The molecule has 1 aromatic heterocycles. The molecule has 3 heterocycles. The molecule has 10 rings (SSSR count). The maximum atomic E-state index is 2.74. The normalized spacial score (nSPS) is 14.6. The van der Waals surface area contributed by atoms with Gasteiger partial charge in [0.2, 0.25) is 0 Å². The molecule has 45 heavy (non-hydrogen) atoms. The molecule has 1 aliphatic carbocycles. The van der Waals surface area contributed by atoms with E-state index >= 15 is 0 Å². The summed E-state index contributed by atoms with van der Waals surface area (Å²) in [6, 6.07) is 49.7. The van der Waals surface area contributed by atoms with Crippen LogP contribution in [0.3, 0.4) is 0 Å². The lowest BCUT2D eigenvalue weighted by Gasteiger charge is -2.42. The minimum absolute atomic E-state index is 0.0619. The van der Waals surface area contributed by atoms with E-state index in [-0.39, 0.29) is 12.3 Å². The first-order valence-electron chi connectivity index (χ1n) is 16.0. The summed E-state index contributed by atoms with van der Waals surface area (Å²) in [6.45, 7) is 7.13. The number of para-hydroxylation sites is 3. The zero-order valence-electron chi connectivity index (χ0n) is 25.7. The van der Waals surface area contributed by atoms with Crippen LogP contribution in [0.1, 0.15) is 30.7 Å². The Morgan fingerprint density at radius 2 is 1.31 bits per heavy atom. The van der Waals surface area contributed by atoms with Gasteiger partial charge in [-0.15, -0.1) is 0 Å². The number of hydrogen-bond acceptors (Lipinski definition) is 1. The van der Waals surface area contributed by atoms with Crippen molar-refractivity contribution in [3.63, 3.8) is 0 Å². The fourth-order valence-electron chi connectivity index (χ4n) is 8.82. The lowest BCUT2D eigenvalue weighted by molar-refractivity contribution is 0.632. The Morgan fingerprint density at radius 1 is 0.600 bits per heavy atom. The second kappa shape index (κ2) is 8.67. The summed E-state index contributed by atoms with van der Waals surface area (Å²) < 4.78 is 2.74. The molecule has 0 saturated heterocycles. The van der Waals surface area contributed by atoms with Crippen LogP contribution in [0.4, 0.5) is 17.1 Å². The van der Waals surface area contributed by atoms with Gasteiger partial charge in [0.15, 0.2) is 0 Å². The van der Waals surface area contributed by atoms with Gasteiger partial charge in [-0.1, -0.05) is 117 Å². The highest BCUT2D eigenvalue weighted by Crippen LogP contribution is 2.56. The van der Waals surface area contributed by atoms with Crippen LogP contribution < -0.4 is 15.8 Å². The van der Waals surface area contributed by atoms with Crippen LogP contribution in [0.5, 0.6) is 0 Å². The molecule has 0 N–H and O–H groups in total. The average Bonchev–Trinajstić information content (AvgIpc) is 3.54. The number of aryl methyl sites for hydroxylation is 1. The standard InChI is InChI=1S/C42H31BN2/c1-26-14-7-8-17-29(26)27-24-33-30-19-13-20-32-38-31-18-9-10-21-34(31)42(2,3)41(38)45(40(30)32)43-35-22-11-12-23-36(35)44(37(25-27)39(33)43)28-15-5-4-6-16-28/h4-25H,1-3H3. The molecule has 7 aromatic rings. The summed E-state index contributed by atoms with van der Waals surface area (Å²) in [5.41, 5.74) is 19.8. The van der Waals surface area contributed by atoms with Gasteiger partial charge >= 0.3 is 6.85 Å². The maximum absolute atomic E-state index is 2.74. The molecule has 6 aromatic carbocycles. The van der Waals surface area contributed by atoms with E-state index in [1.54, 1.807) is 0 Å². The fourth-order valence-corrected chi connectivity index (χ4v) is 8.82. The van der Waals surface area contributed by atoms with Crippen molar-refractivity contribution in [2.75, 3.05) is 4.90 Å². The Morgan fingerprint density at radius 3 is 2.16 bits per heavy atom. The molecule has 2 aliphatic heterocycles. The van der Waals surface area contributed by atoms with E-state index in [9.17, 15) is 0 Å². The highest BCUT2D eigenvalue weighted by atomic mass is 15.2. The Labute approximate surface area is 264 Å². The molecular formula is C42H31BN2. The molecule has 0 bridgehead atoms. The molecule has 2 nitrogen and oxygen atoms in total. The SMILES string of the molecule is Cc1ccccc1-c1cc2c3c(c1)N(c1ccccc1)c1ccccc1B3n1c3c(c4cccc-2c41)-c1ccccc1C3(C)C. The Hall–Kier alpha value is -5.28. The second-order valence-electron chi connectivity index (χ2n) is 13.4. The van der Waals surface area contributed by atoms with Crippen molar-refractivity contribution in [1.29, 1.82) is 0 Å². The second-order valence-corrected chi connectivity index (χ2v) is 13.4. The van der Waals surface area contributed by atoms with E-state index < -0.39 is 0 Å². The first kappa shape index (κ1) is 25.1. The van der Waals surface area contributed by atoms with Crippen LogP contribution in [-0.4, -0.2) is 11.3 Å². The minimum atomic E-state index is -0.132. The third-order valence-electron chi connectivity index (χ3n) is 10.6. The van der Waals surface area contributed by atoms with Gasteiger partial charge in [0.25, 0.3) is 0 Å². The van der Waals surface area contributed by atoms with Gasteiger partial charge in [-0.25, -0.2) is 0 Å². The van der Waals surface area contributed by atoms with Crippen molar-refractivity contribution in [2.24, 2.45) is 0 Å². The molecule has 0 atom stereocenters. The number of nitrogens with zero attached hydrogens (tertiary/aromatic N) is 2. The predicted octanol–water partition coefficient (Wildman–Crippen LogP) is 9.34. The maximum Gasteiger partial charge on any atom is 0.332 e. The van der Waals surface area contributed by atoms with Crippen LogP contribution in [0.2, 0.25) is 0 Å². The van der Waals surface area contributed by atoms with Gasteiger partial charge in [-0.2, -0.15) is 0 Å². The average molecular weight is 575 g/mol. The Bertz CT molecular complexity index is 2380. The zero-order valence-corrected chi connectivity index (χ0v) is 25.7. The van der Waals surface area contributed by atoms with E-state index in [0.29, 0.717) is 0 Å². The molecule has 0 radical (unpaired) electrons. The summed E-state index contributed by atoms with van der Waals surface area (Å²) >= 11 is 0. The summed E-state index contributed by atoms with van der Waals surface area (Å²) in [5, 5.41) is 1.36. The lowest BCUT2D eigenvalue weighted by Crippen LogP contribution is -2.57. The van der Waals surface area contributed by atoms with Crippen LogP contribution in [0.15, 0.2) is 133 Å². The van der Waals surface area contributed by atoms with Crippen LogP contribution >= 0.6 is 0 Å². The summed E-state index contributed by atoms with van der Waals surface area (Å²) in [7, 11) is 0. The number of aromatic nitrogens is 1. The molecule has 0 fully saturated rings. The van der Waals surface area contributed by atoms with Gasteiger partial charge in [0.05, 0.1) is 0 Å². The molecule has 0 unspecified atom stereocenters. The van der Waals surface area contributed by atoms with Crippen molar-refractivity contribution in [1.82, 2.24) is 4.48 Å². The van der Waals surface area contributed by atoms with Crippen molar-refractivity contribution in [2.45, 2.75) is 26.2 Å². The monoisotopic (exact) mass is 574 g/mol. The Kier molecular flexibility index (Phi) is 4.83. The molecule has 3 aliphatic rings. The van der Waals surface area contributed by atoms with E-state index in [2.05, 4.69) is 164 Å². The van der Waals surface area contributed by atoms with Crippen molar-refractivity contribution in [3.8, 4) is 33.4 Å². The van der Waals surface area contributed by atoms with Gasteiger partial charge in [-0.3, -0.25) is 0 Å². The van der Waals surface area contributed by atoms with Gasteiger partial charge in [-0.05, 0) is 81.6 Å². The van der Waals surface area contributed by atoms with Crippen LogP contribution in [0, 0.1) is 6.92 Å². The van der Waals surface area contributed by atoms with Crippen molar-refractivity contribution >= 4 is 45.7 Å². The lowest BCUT2D eigenvalue weighted by atomic mass is 9.44. The number of rotatable bonds is 2. The van der Waals surface area contributed by atoms with Gasteiger partial charge in [0, 0.05) is 50.2 Å². The molecular weight excluding hydrogens is 543 g/mol. The summed E-state index contributed by atoms with van der Waals surface area (Å²) in [5.74, 6) is 0. The third-order valence-corrected chi connectivity index (χ3v) is 10.6. The van der Waals surface area contributed by atoms with Gasteiger partial charge < -0.3 is 9.38 Å². The number of hydrogen-bond donors (Lipinski definition) is 0. The zero-order chi connectivity index (χ0) is 30.0. The first-order chi connectivity index (χ1) is 22.0. The molecule has 0 amide bonds. The molecule has 3 heteroatoms. The Balaban J connectivity index is 1.40. The fraction of sp³-hybridized carbons (Fsp3) is 0.0952. The highest BCUT2D eigenvalue weighted by molar-refractivity contribution is 6.89. The third kappa shape index (κ3) is 3.10. The van der Waals surface area contributed by atoms with E-state index in [0.717, 1.165) is 0 Å². The highest BCUT2D eigenvalue weighted by Gasteiger charge is 2.48. The van der Waals surface area contributed by atoms with Crippen LogP contribution in [-0.2, 0) is 5.41 Å². The minimum Gasteiger partial charge on any atom is -0.378 e.